The van der Waals surface area contributed by atoms with Crippen LogP contribution in [0.25, 0.3) is 10.1 Å². The van der Waals surface area contributed by atoms with E-state index in [0.29, 0.717) is 15.6 Å². The minimum atomic E-state index is -0.784. The topological polar surface area (TPSA) is 157 Å². The van der Waals surface area contributed by atoms with E-state index in [1.54, 1.807) is 0 Å². The molecule has 14 heteroatoms. The van der Waals surface area contributed by atoms with Gasteiger partial charge in [-0.05, 0) is 42.5 Å². The first-order valence-corrected chi connectivity index (χ1v) is 12.2. The molecule has 0 unspecified atom stereocenters. The van der Waals surface area contributed by atoms with Crippen LogP contribution in [0.5, 0.6) is 0 Å². The Morgan fingerprint density at radius 1 is 0.973 bits per heavy atom. The largest absolute Gasteiger partial charge is 0.321 e. The van der Waals surface area contributed by atoms with Gasteiger partial charge >= 0.3 is 0 Å². The molecule has 2 N–H and O–H groups in total. The molecule has 1 heterocycles. The summed E-state index contributed by atoms with van der Waals surface area (Å²) in [4.78, 5) is 45.9. The van der Waals surface area contributed by atoms with Gasteiger partial charge in [0.05, 0.1) is 32.7 Å². The summed E-state index contributed by atoms with van der Waals surface area (Å²) in [6.45, 7) is 0. The Kier molecular flexibility index (Phi) is 7.57. The highest BCUT2D eigenvalue weighted by atomic mass is 79.9. The molecule has 0 saturated carbocycles. The molecule has 2 amide bonds. The van der Waals surface area contributed by atoms with Crippen LogP contribution in [-0.2, 0) is 0 Å². The van der Waals surface area contributed by atoms with E-state index in [2.05, 4.69) is 31.8 Å². The number of hydrogen-bond donors (Lipinski definition) is 2. The molecule has 0 aliphatic rings. The van der Waals surface area contributed by atoms with E-state index in [4.69, 9.17) is 11.6 Å². The SMILES string of the molecule is O=C(N/N=C\c1ccc([N+](=O)[O-])cc1[N+](=O)[O-])c1ccc(NC(=O)c2sc3cc(Br)ccc3c2Cl)cc1. The summed E-state index contributed by atoms with van der Waals surface area (Å²) in [5.74, 6) is -1.01. The fourth-order valence-corrected chi connectivity index (χ4v) is 5.18. The zero-order chi connectivity index (χ0) is 26.7. The van der Waals surface area contributed by atoms with Crippen LogP contribution in [0, 0.1) is 20.2 Å². The predicted octanol–water partition coefficient (Wildman–Crippen LogP) is 6.15. The monoisotopic (exact) mass is 601 g/mol. The fraction of sp³-hybridized carbons (Fsp3) is 0. The zero-order valence-electron chi connectivity index (χ0n) is 18.3. The third-order valence-electron chi connectivity index (χ3n) is 4.99. The Morgan fingerprint density at radius 2 is 1.70 bits per heavy atom. The second kappa shape index (κ2) is 10.8. The van der Waals surface area contributed by atoms with Crippen LogP contribution in [0.3, 0.4) is 0 Å². The molecule has 0 aliphatic carbocycles. The molecule has 4 rings (SSSR count). The Morgan fingerprint density at radius 3 is 2.38 bits per heavy atom. The van der Waals surface area contributed by atoms with Crippen LogP contribution < -0.4 is 10.7 Å². The van der Waals surface area contributed by atoms with Crippen LogP contribution in [0.15, 0.2) is 70.2 Å². The maximum Gasteiger partial charge on any atom is 0.285 e. The molecule has 37 heavy (non-hydrogen) atoms. The van der Waals surface area contributed by atoms with E-state index < -0.39 is 33.0 Å². The van der Waals surface area contributed by atoms with E-state index in [0.717, 1.165) is 39.0 Å². The van der Waals surface area contributed by atoms with E-state index in [9.17, 15) is 29.8 Å². The normalized spacial score (nSPS) is 11.0. The molecule has 4 aromatic rings. The molecule has 0 saturated heterocycles. The number of amides is 2. The highest BCUT2D eigenvalue weighted by Crippen LogP contribution is 2.37. The van der Waals surface area contributed by atoms with Crippen LogP contribution in [0.1, 0.15) is 25.6 Å². The highest BCUT2D eigenvalue weighted by molar-refractivity contribution is 9.10. The molecule has 0 aliphatic heterocycles. The Balaban J connectivity index is 1.42. The summed E-state index contributed by atoms with van der Waals surface area (Å²) in [6, 6.07) is 14.6. The van der Waals surface area contributed by atoms with E-state index in [1.807, 2.05) is 18.2 Å². The van der Waals surface area contributed by atoms with Crippen LogP contribution in [-0.4, -0.2) is 27.9 Å². The van der Waals surface area contributed by atoms with Gasteiger partial charge in [0, 0.05) is 31.9 Å². The number of carbonyl (C=O) groups is 2. The molecule has 11 nitrogen and oxygen atoms in total. The minimum Gasteiger partial charge on any atom is -0.321 e. The number of nitrogens with zero attached hydrogens (tertiary/aromatic N) is 3. The van der Waals surface area contributed by atoms with Gasteiger partial charge in [0.1, 0.15) is 4.88 Å². The standard InChI is InChI=1S/C23H13BrClN5O6S/c24-14-4-8-17-19(9-14)37-21(20(17)25)23(32)27-15-5-1-12(2-6-15)22(31)28-26-11-13-3-7-16(29(33)34)10-18(13)30(35)36/h1-11H,(H,27,32)(H,28,31)/b26-11-. The van der Waals surface area contributed by atoms with Gasteiger partial charge in [-0.3, -0.25) is 29.8 Å². The Bertz CT molecular complexity index is 1610. The van der Waals surface area contributed by atoms with Gasteiger partial charge in [-0.15, -0.1) is 11.3 Å². The lowest BCUT2D eigenvalue weighted by Crippen LogP contribution is -2.18. The molecule has 0 spiro atoms. The van der Waals surface area contributed by atoms with Crippen LogP contribution >= 0.6 is 38.9 Å². The molecule has 0 radical (unpaired) electrons. The lowest BCUT2D eigenvalue weighted by molar-refractivity contribution is -0.394. The molecular weight excluding hydrogens is 590 g/mol. The van der Waals surface area contributed by atoms with Crippen molar-refractivity contribution < 1.29 is 19.4 Å². The Hall–Kier alpha value is -4.20. The quantitative estimate of drug-likeness (QED) is 0.147. The van der Waals surface area contributed by atoms with Gasteiger partial charge in [-0.1, -0.05) is 33.6 Å². The Labute approximate surface area is 225 Å². The number of anilines is 1. The summed E-state index contributed by atoms with van der Waals surface area (Å²) in [5, 5.41) is 29.6. The van der Waals surface area contributed by atoms with E-state index in [1.165, 1.54) is 35.6 Å². The van der Waals surface area contributed by atoms with Gasteiger partial charge in [0.25, 0.3) is 23.2 Å². The summed E-state index contributed by atoms with van der Waals surface area (Å²) in [7, 11) is 0. The molecule has 0 atom stereocenters. The molecule has 0 fully saturated rings. The number of nitrogens with one attached hydrogen (secondary N) is 2. The van der Waals surface area contributed by atoms with Gasteiger partial charge in [-0.25, -0.2) is 5.43 Å². The molecule has 1 aromatic heterocycles. The summed E-state index contributed by atoms with van der Waals surface area (Å²) in [5.41, 5.74) is 1.87. The molecule has 3 aromatic carbocycles. The van der Waals surface area contributed by atoms with E-state index >= 15 is 0 Å². The number of halogens is 2. The van der Waals surface area contributed by atoms with Crippen molar-refractivity contribution in [3.63, 3.8) is 0 Å². The number of benzene rings is 3. The number of non-ortho nitro benzene ring substituents is 1. The second-order valence-electron chi connectivity index (χ2n) is 7.37. The summed E-state index contributed by atoms with van der Waals surface area (Å²) < 4.78 is 1.73. The smallest absolute Gasteiger partial charge is 0.285 e. The first-order valence-electron chi connectivity index (χ1n) is 10.2. The second-order valence-corrected chi connectivity index (χ2v) is 9.72. The van der Waals surface area contributed by atoms with Crippen molar-refractivity contribution in [2.75, 3.05) is 5.32 Å². The number of rotatable bonds is 7. The molecule has 0 bridgehead atoms. The number of hydrazone groups is 1. The maximum absolute atomic E-state index is 12.7. The first kappa shape index (κ1) is 25.9. The van der Waals surface area contributed by atoms with E-state index in [-0.39, 0.29) is 11.1 Å². The van der Waals surface area contributed by atoms with Gasteiger partial charge in [0.2, 0.25) is 0 Å². The summed E-state index contributed by atoms with van der Waals surface area (Å²) in [6.07, 6.45) is 1.02. The third-order valence-corrected chi connectivity index (χ3v) is 7.14. The first-order chi connectivity index (χ1) is 17.6. The number of nitro benzene ring substituents is 2. The number of carbonyl (C=O) groups excluding carboxylic acids is 2. The number of fused-ring (bicyclic) bond motifs is 1. The lowest BCUT2D eigenvalue weighted by atomic mass is 10.2. The predicted molar refractivity (Wildman–Crippen MR) is 144 cm³/mol. The maximum atomic E-state index is 12.7. The van der Waals surface area contributed by atoms with Crippen molar-refractivity contribution in [3.05, 3.63) is 106 Å². The van der Waals surface area contributed by atoms with Crippen molar-refractivity contribution in [1.82, 2.24) is 5.43 Å². The minimum absolute atomic E-state index is 0.0267. The van der Waals surface area contributed by atoms with Gasteiger partial charge < -0.3 is 5.32 Å². The fourth-order valence-electron chi connectivity index (χ4n) is 3.22. The van der Waals surface area contributed by atoms with Crippen molar-refractivity contribution in [1.29, 1.82) is 0 Å². The van der Waals surface area contributed by atoms with Crippen LogP contribution in [0.4, 0.5) is 17.1 Å². The van der Waals surface area contributed by atoms with Gasteiger partial charge in [0.15, 0.2) is 0 Å². The average molecular weight is 603 g/mol. The highest BCUT2D eigenvalue weighted by Gasteiger charge is 2.19. The molecule has 186 valence electrons. The number of nitro groups is 2. The third kappa shape index (κ3) is 5.80. The van der Waals surface area contributed by atoms with Crippen molar-refractivity contribution in [2.45, 2.75) is 0 Å². The van der Waals surface area contributed by atoms with Gasteiger partial charge in [-0.2, -0.15) is 5.10 Å². The van der Waals surface area contributed by atoms with Crippen molar-refractivity contribution in [2.24, 2.45) is 5.10 Å². The number of hydrogen-bond acceptors (Lipinski definition) is 8. The summed E-state index contributed by atoms with van der Waals surface area (Å²) >= 11 is 11.0. The zero-order valence-corrected chi connectivity index (χ0v) is 21.5. The molecular formula is C23H13BrClN5O6S. The van der Waals surface area contributed by atoms with Crippen molar-refractivity contribution in [3.8, 4) is 0 Å². The lowest BCUT2D eigenvalue weighted by Gasteiger charge is -2.05. The van der Waals surface area contributed by atoms with Crippen molar-refractivity contribution >= 4 is 84.0 Å². The average Bonchev–Trinajstić information content (AvgIpc) is 3.19. The number of thiophene rings is 1. The van der Waals surface area contributed by atoms with Crippen LogP contribution in [0.2, 0.25) is 5.02 Å².